The largest absolute Gasteiger partial charge is 0.491 e. The number of amides is 1. The highest BCUT2D eigenvalue weighted by atomic mass is 16.5. The van der Waals surface area contributed by atoms with Crippen molar-refractivity contribution in [2.24, 2.45) is 0 Å². The number of nitrogens with one attached hydrogen (secondary N) is 1. The molecular formula is C23H28N6O3. The lowest BCUT2D eigenvalue weighted by Gasteiger charge is -2.20. The van der Waals surface area contributed by atoms with Crippen LogP contribution >= 0.6 is 0 Å². The molecule has 9 heteroatoms. The fraction of sp³-hybridized carbons (Fsp3) is 0.391. The van der Waals surface area contributed by atoms with Gasteiger partial charge in [-0.1, -0.05) is 12.1 Å². The molecule has 0 bridgehead atoms. The molecule has 0 saturated heterocycles. The van der Waals surface area contributed by atoms with Crippen LogP contribution in [0.1, 0.15) is 27.6 Å². The molecule has 1 aliphatic heterocycles. The number of carbonyl (C=O) groups excluding carboxylic acids is 1. The molecule has 3 aromatic rings. The Kier molecular flexibility index (Phi) is 7.42. The minimum Gasteiger partial charge on any atom is -0.491 e. The summed E-state index contributed by atoms with van der Waals surface area (Å²) in [5, 5.41) is 20.5. The van der Waals surface area contributed by atoms with Gasteiger partial charge in [0.25, 0.3) is 5.91 Å². The molecule has 3 heterocycles. The van der Waals surface area contributed by atoms with E-state index in [4.69, 9.17) is 9.84 Å². The van der Waals surface area contributed by atoms with Crippen LogP contribution in [-0.2, 0) is 25.9 Å². The number of hydrogen-bond acceptors (Lipinski definition) is 7. The molecule has 2 N–H and O–H groups in total. The topological polar surface area (TPSA) is 105 Å². The summed E-state index contributed by atoms with van der Waals surface area (Å²) in [6, 6.07) is 11.5. The van der Waals surface area contributed by atoms with Gasteiger partial charge in [0, 0.05) is 58.0 Å². The van der Waals surface area contributed by atoms with Crippen molar-refractivity contribution in [3.8, 4) is 5.75 Å². The summed E-state index contributed by atoms with van der Waals surface area (Å²) in [6.45, 7) is 4.32. The number of aliphatic hydroxyl groups is 1. The molecule has 4 rings (SSSR count). The summed E-state index contributed by atoms with van der Waals surface area (Å²) in [4.78, 5) is 18.6. The zero-order chi connectivity index (χ0) is 22.2. The van der Waals surface area contributed by atoms with Crippen molar-refractivity contribution in [1.29, 1.82) is 0 Å². The molecular weight excluding hydrogens is 408 g/mol. The average Bonchev–Trinajstić information content (AvgIpc) is 3.10. The van der Waals surface area contributed by atoms with Crippen molar-refractivity contribution in [3.05, 3.63) is 71.6 Å². The number of benzene rings is 1. The maximum absolute atomic E-state index is 12.2. The van der Waals surface area contributed by atoms with E-state index < -0.39 is 0 Å². The van der Waals surface area contributed by atoms with Crippen LogP contribution in [-0.4, -0.2) is 68.5 Å². The number of aliphatic hydroxyl groups excluding tert-OH is 1. The van der Waals surface area contributed by atoms with Gasteiger partial charge in [0.2, 0.25) is 0 Å². The molecule has 0 radical (unpaired) electrons. The second kappa shape index (κ2) is 10.8. The molecule has 32 heavy (non-hydrogen) atoms. The van der Waals surface area contributed by atoms with Gasteiger partial charge in [0.15, 0.2) is 0 Å². The van der Waals surface area contributed by atoms with Crippen LogP contribution in [0.4, 0.5) is 0 Å². The molecule has 1 amide bonds. The van der Waals surface area contributed by atoms with Crippen LogP contribution in [0.15, 0.2) is 48.8 Å². The lowest BCUT2D eigenvalue weighted by atomic mass is 10.2. The van der Waals surface area contributed by atoms with E-state index in [2.05, 4.69) is 42.1 Å². The Balaban J connectivity index is 1.28. The molecule has 0 spiro atoms. The van der Waals surface area contributed by atoms with Crippen LogP contribution < -0.4 is 10.1 Å². The highest BCUT2D eigenvalue weighted by Gasteiger charge is 2.19. The monoisotopic (exact) mass is 436 g/mol. The minimum atomic E-state index is -0.132. The first-order valence-electron chi connectivity index (χ1n) is 10.9. The predicted molar refractivity (Wildman–Crippen MR) is 118 cm³/mol. The molecule has 1 aromatic carbocycles. The van der Waals surface area contributed by atoms with Gasteiger partial charge < -0.3 is 19.7 Å². The quantitative estimate of drug-likeness (QED) is 0.517. The third kappa shape index (κ3) is 5.68. The van der Waals surface area contributed by atoms with Crippen LogP contribution in [0.25, 0.3) is 0 Å². The van der Waals surface area contributed by atoms with Gasteiger partial charge >= 0.3 is 0 Å². The molecule has 0 unspecified atom stereocenters. The van der Waals surface area contributed by atoms with Crippen molar-refractivity contribution < 1.29 is 14.6 Å². The Bertz CT molecular complexity index is 1010. The van der Waals surface area contributed by atoms with Gasteiger partial charge in [-0.15, -0.1) is 10.2 Å². The molecule has 1 aliphatic rings. The number of ether oxygens (including phenoxy) is 1. The van der Waals surface area contributed by atoms with E-state index in [0.29, 0.717) is 25.1 Å². The smallest absolute Gasteiger partial charge is 0.252 e. The first kappa shape index (κ1) is 21.9. The van der Waals surface area contributed by atoms with E-state index in [1.54, 1.807) is 24.5 Å². The summed E-state index contributed by atoms with van der Waals surface area (Å²) in [6.07, 6.45) is 4.68. The van der Waals surface area contributed by atoms with E-state index >= 15 is 0 Å². The number of pyridine rings is 1. The average molecular weight is 437 g/mol. The fourth-order valence-electron chi connectivity index (χ4n) is 3.77. The van der Waals surface area contributed by atoms with Crippen molar-refractivity contribution >= 4 is 5.91 Å². The maximum atomic E-state index is 12.2. The standard InChI is InChI=1S/C23H28N6O3/c30-14-15-32-20-5-3-18(4-6-20)17-28-11-8-22-27-26-21(29(22)13-12-28)7-10-25-23(31)19-2-1-9-24-16-19/h1-6,9,16,30H,7-8,10-15,17H2,(H,25,31). The number of fused-ring (bicyclic) bond motifs is 1. The molecule has 2 aromatic heterocycles. The normalized spacial score (nSPS) is 13.9. The Morgan fingerprint density at radius 1 is 1.12 bits per heavy atom. The van der Waals surface area contributed by atoms with E-state index in [1.165, 1.54) is 5.56 Å². The first-order valence-corrected chi connectivity index (χ1v) is 10.9. The van der Waals surface area contributed by atoms with Crippen LogP contribution in [0.3, 0.4) is 0 Å². The number of nitrogens with zero attached hydrogens (tertiary/aromatic N) is 5. The third-order valence-corrected chi connectivity index (χ3v) is 5.44. The second-order valence-electron chi connectivity index (χ2n) is 7.67. The fourth-order valence-corrected chi connectivity index (χ4v) is 3.77. The van der Waals surface area contributed by atoms with E-state index in [-0.39, 0.29) is 12.5 Å². The van der Waals surface area contributed by atoms with E-state index in [9.17, 15) is 4.79 Å². The lowest BCUT2D eigenvalue weighted by molar-refractivity contribution is 0.0953. The van der Waals surface area contributed by atoms with Gasteiger partial charge in [0.05, 0.1) is 12.2 Å². The van der Waals surface area contributed by atoms with Crippen molar-refractivity contribution in [2.75, 3.05) is 32.8 Å². The molecule has 0 fully saturated rings. The van der Waals surface area contributed by atoms with E-state index in [0.717, 1.165) is 50.0 Å². The molecule has 0 aliphatic carbocycles. The summed E-state index contributed by atoms with van der Waals surface area (Å²) < 4.78 is 7.61. The summed E-state index contributed by atoms with van der Waals surface area (Å²) >= 11 is 0. The molecule has 0 saturated carbocycles. The number of rotatable bonds is 9. The van der Waals surface area contributed by atoms with Crippen molar-refractivity contribution in [3.63, 3.8) is 0 Å². The van der Waals surface area contributed by atoms with Gasteiger partial charge in [-0.25, -0.2) is 0 Å². The first-order chi connectivity index (χ1) is 15.7. The Morgan fingerprint density at radius 3 is 2.78 bits per heavy atom. The van der Waals surface area contributed by atoms with Crippen molar-refractivity contribution in [1.82, 2.24) is 30.0 Å². The van der Waals surface area contributed by atoms with Gasteiger partial charge in [-0.05, 0) is 29.8 Å². The summed E-state index contributed by atoms with van der Waals surface area (Å²) in [5.74, 6) is 2.53. The zero-order valence-corrected chi connectivity index (χ0v) is 18.0. The van der Waals surface area contributed by atoms with E-state index in [1.807, 2.05) is 12.1 Å². The van der Waals surface area contributed by atoms with Crippen LogP contribution in [0, 0.1) is 0 Å². The van der Waals surface area contributed by atoms with Gasteiger partial charge in [0.1, 0.15) is 24.0 Å². The molecule has 168 valence electrons. The van der Waals surface area contributed by atoms with Crippen LogP contribution in [0.5, 0.6) is 5.75 Å². The minimum absolute atomic E-state index is 0.0120. The highest BCUT2D eigenvalue weighted by molar-refractivity contribution is 5.93. The number of hydrogen-bond donors (Lipinski definition) is 2. The Hall–Kier alpha value is -3.30. The number of carbonyl (C=O) groups is 1. The van der Waals surface area contributed by atoms with Gasteiger partial charge in [-0.3, -0.25) is 14.7 Å². The Labute approximate surface area is 187 Å². The van der Waals surface area contributed by atoms with Gasteiger partial charge in [-0.2, -0.15) is 0 Å². The van der Waals surface area contributed by atoms with Crippen molar-refractivity contribution in [2.45, 2.75) is 25.9 Å². The molecule has 0 atom stereocenters. The SMILES string of the molecule is O=C(NCCc1nnc2n1CCN(Cc1ccc(OCCO)cc1)CC2)c1cccnc1. The highest BCUT2D eigenvalue weighted by Crippen LogP contribution is 2.16. The summed E-state index contributed by atoms with van der Waals surface area (Å²) in [7, 11) is 0. The second-order valence-corrected chi connectivity index (χ2v) is 7.67. The van der Waals surface area contributed by atoms with Crippen LogP contribution in [0.2, 0.25) is 0 Å². The lowest BCUT2D eigenvalue weighted by Crippen LogP contribution is -2.28. The zero-order valence-electron chi connectivity index (χ0n) is 18.0. The third-order valence-electron chi connectivity index (χ3n) is 5.44. The maximum Gasteiger partial charge on any atom is 0.252 e. The summed E-state index contributed by atoms with van der Waals surface area (Å²) in [5.41, 5.74) is 1.77. The number of aromatic nitrogens is 4. The predicted octanol–water partition coefficient (Wildman–Crippen LogP) is 1.08. The Morgan fingerprint density at radius 2 is 2.00 bits per heavy atom. The molecule has 9 nitrogen and oxygen atoms in total.